The minimum Gasteiger partial charge on any atom is -0.103 e. The van der Waals surface area contributed by atoms with Crippen molar-refractivity contribution in [3.63, 3.8) is 0 Å². The first-order valence-electron chi connectivity index (χ1n) is 3.99. The van der Waals surface area contributed by atoms with Crippen LogP contribution in [0.15, 0.2) is 12.7 Å². The number of allylic oxidation sites excluding steroid dienone is 1. The molecule has 0 nitrogen and oxygen atoms in total. The molecule has 1 rings (SSSR count). The van der Waals surface area contributed by atoms with Gasteiger partial charge in [0.2, 0.25) is 0 Å². The molecule has 0 aromatic rings. The van der Waals surface area contributed by atoms with Gasteiger partial charge in [0.25, 0.3) is 0 Å². The summed E-state index contributed by atoms with van der Waals surface area (Å²) >= 11 is 0. The van der Waals surface area contributed by atoms with Gasteiger partial charge in [-0.1, -0.05) is 25.8 Å². The summed E-state index contributed by atoms with van der Waals surface area (Å²) < 4.78 is 0. The van der Waals surface area contributed by atoms with E-state index in [1.54, 1.807) is 0 Å². The van der Waals surface area contributed by atoms with Crippen molar-refractivity contribution in [2.24, 2.45) is 11.8 Å². The van der Waals surface area contributed by atoms with Gasteiger partial charge in [0, 0.05) is 0 Å². The summed E-state index contributed by atoms with van der Waals surface area (Å²) in [5, 5.41) is 0. The third-order valence-corrected chi connectivity index (χ3v) is 2.30. The molecule has 0 radical (unpaired) electrons. The van der Waals surface area contributed by atoms with Crippen molar-refractivity contribution in [2.75, 3.05) is 0 Å². The Kier molecular flexibility index (Phi) is 2.32. The molecule has 1 fully saturated rings. The van der Waals surface area contributed by atoms with Gasteiger partial charge in [0.1, 0.15) is 0 Å². The van der Waals surface area contributed by atoms with Crippen molar-refractivity contribution in [1.82, 2.24) is 0 Å². The van der Waals surface area contributed by atoms with Gasteiger partial charge in [0.05, 0.1) is 0 Å². The van der Waals surface area contributed by atoms with Crippen LogP contribution in [0.1, 0.15) is 32.6 Å². The molecule has 0 bridgehead atoms. The molecular formula is C9H16. The van der Waals surface area contributed by atoms with Crippen LogP contribution in [-0.4, -0.2) is 0 Å². The van der Waals surface area contributed by atoms with Crippen LogP contribution in [0.3, 0.4) is 0 Å². The lowest BCUT2D eigenvalue weighted by Crippen LogP contribution is -2.21. The van der Waals surface area contributed by atoms with Crippen molar-refractivity contribution in [2.45, 2.75) is 32.6 Å². The Morgan fingerprint density at radius 1 is 1.56 bits per heavy atom. The second kappa shape index (κ2) is 3.05. The first kappa shape index (κ1) is 6.85. The van der Waals surface area contributed by atoms with Gasteiger partial charge in [-0.2, -0.15) is 0 Å². The van der Waals surface area contributed by atoms with Crippen molar-refractivity contribution < 1.29 is 0 Å². The van der Waals surface area contributed by atoms with E-state index in [9.17, 15) is 0 Å². The molecule has 9 heavy (non-hydrogen) atoms. The van der Waals surface area contributed by atoms with Gasteiger partial charge in [-0.3, -0.25) is 0 Å². The molecule has 1 saturated carbocycles. The average molecular weight is 124 g/mol. The maximum absolute atomic E-state index is 3.78. The van der Waals surface area contributed by atoms with Crippen molar-refractivity contribution in [1.29, 1.82) is 0 Å². The summed E-state index contributed by atoms with van der Waals surface area (Å²) in [5.41, 5.74) is 0. The summed E-state index contributed by atoms with van der Waals surface area (Å²) in [5.74, 6) is 1.90. The fourth-order valence-corrected chi connectivity index (χ4v) is 1.62. The van der Waals surface area contributed by atoms with Crippen LogP contribution < -0.4 is 0 Å². The van der Waals surface area contributed by atoms with E-state index >= 15 is 0 Å². The largest absolute Gasteiger partial charge is 0.103 e. The molecular weight excluding hydrogens is 108 g/mol. The van der Waals surface area contributed by atoms with Crippen LogP contribution in [0, 0.1) is 11.8 Å². The molecule has 0 aliphatic heterocycles. The van der Waals surface area contributed by atoms with E-state index in [1.165, 1.54) is 25.7 Å². The van der Waals surface area contributed by atoms with Crippen molar-refractivity contribution >= 4 is 0 Å². The first-order valence-corrected chi connectivity index (χ1v) is 3.99. The van der Waals surface area contributed by atoms with Crippen LogP contribution in [0.4, 0.5) is 0 Å². The fraction of sp³-hybridized carbons (Fsp3) is 0.778. The molecule has 1 aliphatic rings. The predicted molar refractivity (Wildman–Crippen MR) is 41.3 cm³/mol. The highest BCUT2D eigenvalue weighted by Gasteiger charge is 2.24. The van der Waals surface area contributed by atoms with E-state index < -0.39 is 0 Å². The Labute approximate surface area is 58.0 Å². The van der Waals surface area contributed by atoms with Crippen molar-refractivity contribution in [3.05, 3.63) is 12.7 Å². The lowest BCUT2D eigenvalue weighted by Gasteiger charge is -2.32. The molecule has 0 aromatic heterocycles. The highest BCUT2D eigenvalue weighted by atomic mass is 14.3. The molecule has 0 saturated heterocycles. The van der Waals surface area contributed by atoms with Crippen LogP contribution in [0.5, 0.6) is 0 Å². The van der Waals surface area contributed by atoms with Gasteiger partial charge in [-0.15, -0.1) is 6.58 Å². The summed E-state index contributed by atoms with van der Waals surface area (Å²) in [6.45, 7) is 6.04. The quantitative estimate of drug-likeness (QED) is 0.507. The summed E-state index contributed by atoms with van der Waals surface area (Å²) in [6, 6.07) is 0. The Morgan fingerprint density at radius 3 is 2.67 bits per heavy atom. The predicted octanol–water partition coefficient (Wildman–Crippen LogP) is 3.00. The normalized spacial score (nSPS) is 33.4. The maximum atomic E-state index is 3.78. The molecule has 1 aliphatic carbocycles. The summed E-state index contributed by atoms with van der Waals surface area (Å²) in [6.07, 6.45) is 7.72. The molecule has 0 heterocycles. The second-order valence-corrected chi connectivity index (χ2v) is 3.12. The monoisotopic (exact) mass is 124 g/mol. The zero-order valence-corrected chi connectivity index (χ0v) is 6.27. The molecule has 0 unspecified atom stereocenters. The smallest absolute Gasteiger partial charge is 0.0231 e. The van der Waals surface area contributed by atoms with Gasteiger partial charge in [-0.25, -0.2) is 0 Å². The summed E-state index contributed by atoms with van der Waals surface area (Å²) in [4.78, 5) is 0. The molecule has 0 atom stereocenters. The van der Waals surface area contributed by atoms with Crippen LogP contribution in [0.25, 0.3) is 0 Å². The molecule has 0 spiro atoms. The lowest BCUT2D eigenvalue weighted by atomic mass is 9.73. The zero-order valence-electron chi connectivity index (χ0n) is 6.27. The van der Waals surface area contributed by atoms with E-state index in [1.807, 2.05) is 0 Å². The van der Waals surface area contributed by atoms with Gasteiger partial charge in [-0.05, 0) is 24.7 Å². The minimum absolute atomic E-state index is 0.863. The molecule has 0 heteroatoms. The van der Waals surface area contributed by atoms with Crippen LogP contribution in [-0.2, 0) is 0 Å². The number of hydrogen-bond acceptors (Lipinski definition) is 0. The lowest BCUT2D eigenvalue weighted by molar-refractivity contribution is 0.224. The Bertz CT molecular complexity index is 88.2. The van der Waals surface area contributed by atoms with E-state index in [2.05, 4.69) is 19.6 Å². The highest BCUT2D eigenvalue weighted by Crippen LogP contribution is 2.36. The third kappa shape index (κ3) is 1.57. The second-order valence-electron chi connectivity index (χ2n) is 3.12. The Morgan fingerprint density at radius 2 is 2.22 bits per heavy atom. The van der Waals surface area contributed by atoms with Crippen LogP contribution in [0.2, 0.25) is 0 Å². The first-order chi connectivity index (χ1) is 4.36. The molecule has 0 N–H and O–H groups in total. The van der Waals surface area contributed by atoms with E-state index in [0.29, 0.717) is 0 Å². The maximum Gasteiger partial charge on any atom is -0.0231 e. The molecule has 0 amide bonds. The minimum atomic E-state index is 0.863. The Hall–Kier alpha value is -0.260. The fourth-order valence-electron chi connectivity index (χ4n) is 1.62. The average Bonchev–Trinajstić information content (AvgIpc) is 1.77. The van der Waals surface area contributed by atoms with E-state index in [4.69, 9.17) is 0 Å². The van der Waals surface area contributed by atoms with E-state index in [-0.39, 0.29) is 0 Å². The third-order valence-electron chi connectivity index (χ3n) is 2.30. The van der Waals surface area contributed by atoms with Gasteiger partial charge >= 0.3 is 0 Å². The number of hydrogen-bond donors (Lipinski definition) is 0. The van der Waals surface area contributed by atoms with E-state index in [0.717, 1.165) is 11.8 Å². The molecule has 52 valence electrons. The highest BCUT2D eigenvalue weighted by molar-refractivity contribution is 4.90. The van der Waals surface area contributed by atoms with Crippen molar-refractivity contribution in [3.8, 4) is 0 Å². The number of rotatable bonds is 3. The van der Waals surface area contributed by atoms with Gasteiger partial charge < -0.3 is 0 Å². The standard InChI is InChI=1S/C9H16/c1-3-5-9-6-8(4-2)7-9/h4,8-9H,2-3,5-7H2,1H3. The summed E-state index contributed by atoms with van der Waals surface area (Å²) in [7, 11) is 0. The zero-order chi connectivity index (χ0) is 6.69. The SMILES string of the molecule is C=CC1CC(CCC)C1. The van der Waals surface area contributed by atoms with Gasteiger partial charge in [0.15, 0.2) is 0 Å². The van der Waals surface area contributed by atoms with Crippen LogP contribution >= 0.6 is 0 Å². The Balaban J connectivity index is 2.04. The topological polar surface area (TPSA) is 0 Å². The molecule has 0 aromatic carbocycles.